The molecule has 0 fully saturated rings. The van der Waals surface area contributed by atoms with Crippen LogP contribution < -0.4 is 16.4 Å². The van der Waals surface area contributed by atoms with E-state index in [2.05, 4.69) is 29.6 Å². The lowest BCUT2D eigenvalue weighted by Gasteiger charge is -1.99. The minimum Gasteiger partial charge on any atom is -0.337 e. The van der Waals surface area contributed by atoms with Crippen molar-refractivity contribution in [2.75, 3.05) is 6.54 Å². The molecule has 1 aliphatic heterocycles. The van der Waals surface area contributed by atoms with Crippen LogP contribution in [0.2, 0.25) is 0 Å². The van der Waals surface area contributed by atoms with E-state index in [0.29, 0.717) is 0 Å². The van der Waals surface area contributed by atoms with Gasteiger partial charge in [0.1, 0.15) is 6.20 Å². The third kappa shape index (κ3) is 12.6. The third-order valence-electron chi connectivity index (χ3n) is 1.15. The van der Waals surface area contributed by atoms with Gasteiger partial charge >= 0.3 is 0 Å². The van der Waals surface area contributed by atoms with E-state index in [1.165, 1.54) is 30.3 Å². The average molecular weight is 195 g/mol. The summed E-state index contributed by atoms with van der Waals surface area (Å²) in [4.78, 5) is 5.29. The summed E-state index contributed by atoms with van der Waals surface area (Å²) in [5, 5.41) is 14.2. The molecule has 0 spiro atoms. The molecule has 14 heavy (non-hydrogen) atoms. The van der Waals surface area contributed by atoms with Crippen LogP contribution in [0.4, 0.5) is 0 Å². The molecule has 5 N–H and O–H groups in total. The van der Waals surface area contributed by atoms with E-state index in [1.807, 2.05) is 12.5 Å². The molecule has 1 atom stereocenters. The quantitative estimate of drug-likeness (QED) is 0.373. The highest BCUT2D eigenvalue weighted by Crippen LogP contribution is 1.71. The standard InChI is InChI=1S/C6H10N2.2CH2N2/c1-2-4-8-5-3-7-6-8;2*2-1-3/h3,5-6H,2,4H2,1H3;2*2H2/p+1. The van der Waals surface area contributed by atoms with Gasteiger partial charge in [-0.15, -0.1) is 0 Å². The minimum absolute atomic E-state index is 1.17. The number of nitrogens with two attached hydrogens (primary N) is 2. The monoisotopic (exact) mass is 195 g/mol. The van der Waals surface area contributed by atoms with Crippen LogP contribution >= 0.6 is 0 Å². The van der Waals surface area contributed by atoms with Crippen LogP contribution in [0.5, 0.6) is 0 Å². The van der Waals surface area contributed by atoms with Crippen molar-refractivity contribution in [2.24, 2.45) is 16.5 Å². The lowest BCUT2D eigenvalue weighted by molar-refractivity contribution is -0.736. The van der Waals surface area contributed by atoms with Gasteiger partial charge < -0.3 is 11.5 Å². The third-order valence-corrected chi connectivity index (χ3v) is 1.15. The van der Waals surface area contributed by atoms with Crippen LogP contribution in [0.3, 0.4) is 0 Å². The normalized spacial score (nSPS) is 15.2. The summed E-state index contributed by atoms with van der Waals surface area (Å²) >= 11 is 0. The molecule has 0 aromatic carbocycles. The largest absolute Gasteiger partial charge is 0.337 e. The number of nitriles is 2. The first kappa shape index (κ1) is 14.5. The van der Waals surface area contributed by atoms with Gasteiger partial charge in [0.2, 0.25) is 0 Å². The van der Waals surface area contributed by atoms with Gasteiger partial charge in [-0.1, -0.05) is 6.92 Å². The second-order valence-corrected chi connectivity index (χ2v) is 2.18. The molecule has 76 valence electrons. The predicted molar refractivity (Wildman–Crippen MR) is 53.4 cm³/mol. The van der Waals surface area contributed by atoms with Crippen LogP contribution in [0, 0.1) is 22.9 Å². The Morgan fingerprint density at radius 2 is 1.86 bits per heavy atom. The zero-order chi connectivity index (χ0) is 11.2. The Bertz CT molecular complexity index is 220. The highest BCUT2D eigenvalue weighted by atomic mass is 15.2. The van der Waals surface area contributed by atoms with E-state index < -0.39 is 0 Å². The molecule has 0 aliphatic carbocycles. The van der Waals surface area contributed by atoms with Gasteiger partial charge in [-0.3, -0.25) is 4.90 Å². The van der Waals surface area contributed by atoms with Gasteiger partial charge in [-0.2, -0.15) is 10.5 Å². The fourth-order valence-electron chi connectivity index (χ4n) is 0.757. The van der Waals surface area contributed by atoms with Crippen molar-refractivity contribution >= 4 is 6.34 Å². The number of hydrogen-bond donors (Lipinski definition) is 3. The van der Waals surface area contributed by atoms with Gasteiger partial charge in [0.25, 0.3) is 0 Å². The zero-order valence-electron chi connectivity index (χ0n) is 8.14. The van der Waals surface area contributed by atoms with E-state index in [0.717, 1.165) is 0 Å². The molecule has 0 aromatic heterocycles. The van der Waals surface area contributed by atoms with Crippen LogP contribution in [0.1, 0.15) is 13.3 Å². The van der Waals surface area contributed by atoms with Crippen molar-refractivity contribution in [1.29, 1.82) is 10.5 Å². The second kappa shape index (κ2) is 13.5. The van der Waals surface area contributed by atoms with Crippen molar-refractivity contribution in [3.05, 3.63) is 12.4 Å². The lowest BCUT2D eigenvalue weighted by Crippen LogP contribution is -3.05. The Labute approximate surface area is 83.7 Å². The summed E-state index contributed by atoms with van der Waals surface area (Å²) in [7, 11) is 0. The topological polar surface area (TPSA) is 116 Å². The molecule has 0 radical (unpaired) electrons. The van der Waals surface area contributed by atoms with Crippen molar-refractivity contribution in [3.8, 4) is 12.4 Å². The van der Waals surface area contributed by atoms with Crippen molar-refractivity contribution in [2.45, 2.75) is 13.3 Å². The predicted octanol–water partition coefficient (Wildman–Crippen LogP) is -1.35. The molecular weight excluding hydrogens is 180 g/mol. The second-order valence-electron chi connectivity index (χ2n) is 2.18. The summed E-state index contributed by atoms with van der Waals surface area (Å²) in [5.74, 6) is 0. The Hall–Kier alpha value is -2.05. The highest BCUT2D eigenvalue weighted by Gasteiger charge is 2.00. The molecule has 1 rings (SSSR count). The van der Waals surface area contributed by atoms with Crippen LogP contribution in [0.15, 0.2) is 17.4 Å². The maximum Gasteiger partial charge on any atom is 0.193 e. The maximum absolute atomic E-state index is 7.10. The smallest absolute Gasteiger partial charge is 0.193 e. The number of nitrogens with one attached hydrogen (secondary N) is 1. The molecule has 6 nitrogen and oxygen atoms in total. The Balaban J connectivity index is 0. The summed E-state index contributed by atoms with van der Waals surface area (Å²) in [6.45, 7) is 3.34. The minimum atomic E-state index is 1.17. The average Bonchev–Trinajstić information content (AvgIpc) is 2.60. The molecule has 0 saturated heterocycles. The summed E-state index contributed by atoms with van der Waals surface area (Å²) in [5.41, 5.74) is 8.31. The molecule has 0 amide bonds. The molecule has 0 saturated carbocycles. The van der Waals surface area contributed by atoms with Crippen LogP contribution in [-0.2, 0) is 0 Å². The first-order chi connectivity index (χ1) is 6.76. The van der Waals surface area contributed by atoms with Gasteiger partial charge in [0, 0.05) is 0 Å². The molecular formula is C8H15N6+. The SMILES string of the molecule is CCC[NH+]1C=CN=C1.N#CN.N#CN. The molecule has 1 aliphatic rings. The van der Waals surface area contributed by atoms with Crippen molar-refractivity contribution in [3.63, 3.8) is 0 Å². The highest BCUT2D eigenvalue weighted by molar-refractivity contribution is 5.47. The van der Waals surface area contributed by atoms with Crippen LogP contribution in [0.25, 0.3) is 0 Å². The molecule has 1 unspecified atom stereocenters. The molecule has 6 heteroatoms. The van der Waals surface area contributed by atoms with E-state index in [9.17, 15) is 0 Å². The summed E-state index contributed by atoms with van der Waals surface area (Å²) < 4.78 is 0. The number of aliphatic imine (C=N–C) groups is 1. The Morgan fingerprint density at radius 3 is 2.14 bits per heavy atom. The van der Waals surface area contributed by atoms with E-state index in [4.69, 9.17) is 10.5 Å². The zero-order valence-corrected chi connectivity index (χ0v) is 8.14. The van der Waals surface area contributed by atoms with E-state index in [1.54, 1.807) is 0 Å². The lowest BCUT2D eigenvalue weighted by atomic mass is 10.5. The van der Waals surface area contributed by atoms with Gasteiger partial charge in [-0.25, -0.2) is 4.99 Å². The Kier molecular flexibility index (Phi) is 14.0. The summed E-state index contributed by atoms with van der Waals surface area (Å²) in [6.07, 6.45) is 9.53. The maximum atomic E-state index is 7.10. The van der Waals surface area contributed by atoms with E-state index >= 15 is 0 Å². The van der Waals surface area contributed by atoms with E-state index in [-0.39, 0.29) is 0 Å². The number of quaternary nitrogens is 1. The Morgan fingerprint density at radius 1 is 1.36 bits per heavy atom. The van der Waals surface area contributed by atoms with Crippen molar-refractivity contribution < 1.29 is 4.90 Å². The van der Waals surface area contributed by atoms with Gasteiger partial charge in [-0.05, 0) is 6.42 Å². The summed E-state index contributed by atoms with van der Waals surface area (Å²) in [6, 6.07) is 0. The van der Waals surface area contributed by atoms with Gasteiger partial charge in [0.05, 0.1) is 12.7 Å². The molecule has 1 heterocycles. The molecule has 0 aromatic rings. The fraction of sp³-hybridized carbons (Fsp3) is 0.375. The number of rotatable bonds is 2. The first-order valence-corrected chi connectivity index (χ1v) is 4.01. The first-order valence-electron chi connectivity index (χ1n) is 4.01. The fourth-order valence-corrected chi connectivity index (χ4v) is 0.757. The van der Waals surface area contributed by atoms with Crippen molar-refractivity contribution in [1.82, 2.24) is 0 Å². The molecule has 0 bridgehead atoms. The van der Waals surface area contributed by atoms with Gasteiger partial charge in [0.15, 0.2) is 18.7 Å². The number of nitrogens with zero attached hydrogens (tertiary/aromatic N) is 3. The van der Waals surface area contributed by atoms with Crippen LogP contribution in [-0.4, -0.2) is 12.9 Å². The number of hydrogen-bond acceptors (Lipinski definition) is 5.